The Morgan fingerprint density at radius 3 is 2.16 bits per heavy atom. The maximum Gasteiger partial charge on any atom is 0.264 e. The van der Waals surface area contributed by atoms with Gasteiger partial charge in [-0.1, -0.05) is 103 Å². The average molecular weight is 646 g/mol. The minimum absolute atomic E-state index is 0.0597. The Morgan fingerprint density at radius 1 is 0.844 bits per heavy atom. The SMILES string of the molecule is CCCCNC(=O)[C@H](Cc1ccccc1)N(Cc1cccc(Cl)c1)C(=O)CN(c1ccc(C)cc1C)S(=O)(=O)c1ccccc1. The number of hydrogen-bond acceptors (Lipinski definition) is 4. The van der Waals surface area contributed by atoms with E-state index in [0.29, 0.717) is 22.8 Å². The molecule has 2 amide bonds. The van der Waals surface area contributed by atoms with Crippen LogP contribution in [0.4, 0.5) is 5.69 Å². The molecule has 0 fully saturated rings. The summed E-state index contributed by atoms with van der Waals surface area (Å²) in [7, 11) is -4.16. The lowest BCUT2D eigenvalue weighted by molar-refractivity contribution is -0.140. The largest absolute Gasteiger partial charge is 0.354 e. The van der Waals surface area contributed by atoms with E-state index >= 15 is 0 Å². The van der Waals surface area contributed by atoms with Crippen molar-refractivity contribution in [1.82, 2.24) is 10.2 Å². The molecule has 0 bridgehead atoms. The average Bonchev–Trinajstić information content (AvgIpc) is 3.03. The molecule has 0 aliphatic heterocycles. The topological polar surface area (TPSA) is 86.8 Å². The molecule has 0 aliphatic carbocycles. The van der Waals surface area contributed by atoms with Crippen LogP contribution in [0, 0.1) is 13.8 Å². The third-order valence-electron chi connectivity index (χ3n) is 7.57. The molecule has 0 unspecified atom stereocenters. The van der Waals surface area contributed by atoms with Crippen molar-refractivity contribution < 1.29 is 18.0 Å². The molecule has 1 atom stereocenters. The second-order valence-electron chi connectivity index (χ2n) is 11.1. The fourth-order valence-corrected chi connectivity index (χ4v) is 6.92. The van der Waals surface area contributed by atoms with Gasteiger partial charge in [-0.25, -0.2) is 8.42 Å². The van der Waals surface area contributed by atoms with E-state index in [1.54, 1.807) is 42.5 Å². The van der Waals surface area contributed by atoms with Gasteiger partial charge < -0.3 is 10.2 Å². The highest BCUT2D eigenvalue weighted by atomic mass is 35.5. The maximum atomic E-state index is 14.5. The molecule has 0 saturated heterocycles. The van der Waals surface area contributed by atoms with Crippen molar-refractivity contribution >= 4 is 39.1 Å². The molecule has 7 nitrogen and oxygen atoms in total. The van der Waals surface area contributed by atoms with Gasteiger partial charge in [0.05, 0.1) is 10.6 Å². The Bertz CT molecular complexity index is 1700. The standard InChI is InChI=1S/C36H40ClN3O4S/c1-4-5-21-38-36(42)34(24-29-13-8-6-9-14-29)39(25-30-15-12-16-31(37)23-30)35(41)26-40(33-20-19-27(2)22-28(33)3)45(43,44)32-17-10-7-11-18-32/h6-20,22-23,34H,4-5,21,24-26H2,1-3H3,(H,38,42)/t34-/m0/s1. The van der Waals surface area contributed by atoms with Crippen LogP contribution in [0.1, 0.15) is 42.0 Å². The summed E-state index contributed by atoms with van der Waals surface area (Å²) in [5, 5.41) is 3.50. The van der Waals surface area contributed by atoms with Gasteiger partial charge in [-0.2, -0.15) is 0 Å². The first kappa shape index (κ1) is 33.7. The van der Waals surface area contributed by atoms with Crippen LogP contribution >= 0.6 is 11.6 Å². The van der Waals surface area contributed by atoms with Crippen molar-refractivity contribution in [2.45, 2.75) is 57.5 Å². The summed E-state index contributed by atoms with van der Waals surface area (Å²) in [4.78, 5) is 29.9. The first-order valence-electron chi connectivity index (χ1n) is 15.1. The number of aryl methyl sites for hydroxylation is 2. The summed E-state index contributed by atoms with van der Waals surface area (Å²) in [6.07, 6.45) is 1.94. The van der Waals surface area contributed by atoms with E-state index in [1.807, 2.05) is 69.3 Å². The zero-order chi connectivity index (χ0) is 32.4. The Kier molecular flexibility index (Phi) is 11.8. The third kappa shape index (κ3) is 8.96. The number of unbranched alkanes of at least 4 members (excludes halogenated alkanes) is 1. The van der Waals surface area contributed by atoms with Crippen molar-refractivity contribution in [3.63, 3.8) is 0 Å². The minimum atomic E-state index is -4.16. The van der Waals surface area contributed by atoms with Gasteiger partial charge in [0.25, 0.3) is 10.0 Å². The Balaban J connectivity index is 1.81. The fraction of sp³-hybridized carbons (Fsp3) is 0.278. The van der Waals surface area contributed by atoms with Gasteiger partial charge in [-0.05, 0) is 67.3 Å². The van der Waals surface area contributed by atoms with Crippen molar-refractivity contribution in [2.75, 3.05) is 17.4 Å². The monoisotopic (exact) mass is 645 g/mol. The summed E-state index contributed by atoms with van der Waals surface area (Å²) in [6.45, 7) is 5.81. The van der Waals surface area contributed by atoms with E-state index in [4.69, 9.17) is 11.6 Å². The second kappa shape index (κ2) is 15.7. The number of hydrogen-bond donors (Lipinski definition) is 1. The predicted molar refractivity (Wildman–Crippen MR) is 181 cm³/mol. The van der Waals surface area contributed by atoms with Crippen LogP contribution in [-0.4, -0.2) is 44.3 Å². The number of anilines is 1. The number of amides is 2. The highest BCUT2D eigenvalue weighted by Crippen LogP contribution is 2.28. The summed E-state index contributed by atoms with van der Waals surface area (Å²) in [5.41, 5.74) is 3.67. The quantitative estimate of drug-likeness (QED) is 0.155. The van der Waals surface area contributed by atoms with Crippen LogP contribution in [0.25, 0.3) is 0 Å². The van der Waals surface area contributed by atoms with Gasteiger partial charge in [-0.15, -0.1) is 0 Å². The van der Waals surface area contributed by atoms with Gasteiger partial charge in [-0.3, -0.25) is 13.9 Å². The normalized spacial score (nSPS) is 11.9. The second-order valence-corrected chi connectivity index (χ2v) is 13.4. The lowest BCUT2D eigenvalue weighted by Crippen LogP contribution is -2.53. The zero-order valence-electron chi connectivity index (χ0n) is 25.9. The molecule has 1 N–H and O–H groups in total. The van der Waals surface area contributed by atoms with Crippen molar-refractivity contribution in [3.05, 3.63) is 130 Å². The van der Waals surface area contributed by atoms with Gasteiger partial charge in [0.2, 0.25) is 11.8 Å². The molecule has 0 radical (unpaired) electrons. The van der Waals surface area contributed by atoms with E-state index < -0.39 is 28.5 Å². The van der Waals surface area contributed by atoms with Crippen LogP contribution < -0.4 is 9.62 Å². The highest BCUT2D eigenvalue weighted by Gasteiger charge is 2.35. The van der Waals surface area contributed by atoms with E-state index in [2.05, 4.69) is 5.32 Å². The van der Waals surface area contributed by atoms with E-state index in [-0.39, 0.29) is 23.8 Å². The molecular weight excluding hydrogens is 606 g/mol. The maximum absolute atomic E-state index is 14.5. The third-order valence-corrected chi connectivity index (χ3v) is 9.58. The van der Waals surface area contributed by atoms with Crippen LogP contribution in [0.15, 0.2) is 108 Å². The highest BCUT2D eigenvalue weighted by molar-refractivity contribution is 7.92. The molecule has 4 rings (SSSR count). The van der Waals surface area contributed by atoms with Crippen LogP contribution in [0.5, 0.6) is 0 Å². The summed E-state index contributed by atoms with van der Waals surface area (Å²) in [5.74, 6) is -0.812. The molecule has 236 valence electrons. The number of rotatable bonds is 14. The Hall–Kier alpha value is -4.14. The Labute approximate surface area is 271 Å². The van der Waals surface area contributed by atoms with Crippen LogP contribution in [0.2, 0.25) is 5.02 Å². The zero-order valence-corrected chi connectivity index (χ0v) is 27.5. The molecule has 0 saturated carbocycles. The van der Waals surface area contributed by atoms with E-state index in [9.17, 15) is 18.0 Å². The van der Waals surface area contributed by atoms with Crippen molar-refractivity contribution in [1.29, 1.82) is 0 Å². The van der Waals surface area contributed by atoms with Gasteiger partial charge >= 0.3 is 0 Å². The van der Waals surface area contributed by atoms with E-state index in [0.717, 1.165) is 33.8 Å². The number of sulfonamides is 1. The molecular formula is C36H40ClN3O4S. The first-order chi connectivity index (χ1) is 21.6. The van der Waals surface area contributed by atoms with Gasteiger partial charge in [0.15, 0.2) is 0 Å². The van der Waals surface area contributed by atoms with E-state index in [1.165, 1.54) is 17.0 Å². The lowest BCUT2D eigenvalue weighted by atomic mass is 10.0. The molecule has 4 aromatic carbocycles. The number of nitrogens with zero attached hydrogens (tertiary/aromatic N) is 2. The van der Waals surface area contributed by atoms with Crippen LogP contribution in [-0.2, 0) is 32.6 Å². The molecule has 0 aromatic heterocycles. The van der Waals surface area contributed by atoms with Gasteiger partial charge in [0.1, 0.15) is 12.6 Å². The number of carbonyl (C=O) groups excluding carboxylic acids is 2. The number of halogens is 1. The number of nitrogens with one attached hydrogen (secondary N) is 1. The molecule has 0 spiro atoms. The summed E-state index contributed by atoms with van der Waals surface area (Å²) >= 11 is 6.32. The number of carbonyl (C=O) groups is 2. The predicted octanol–water partition coefficient (Wildman–Crippen LogP) is 6.71. The minimum Gasteiger partial charge on any atom is -0.354 e. The molecule has 0 heterocycles. The van der Waals surface area contributed by atoms with Crippen LogP contribution in [0.3, 0.4) is 0 Å². The first-order valence-corrected chi connectivity index (χ1v) is 16.9. The smallest absolute Gasteiger partial charge is 0.264 e. The molecule has 45 heavy (non-hydrogen) atoms. The lowest BCUT2D eigenvalue weighted by Gasteiger charge is -2.34. The summed E-state index contributed by atoms with van der Waals surface area (Å²) in [6, 6.07) is 29.2. The molecule has 4 aromatic rings. The fourth-order valence-electron chi connectivity index (χ4n) is 5.21. The van der Waals surface area contributed by atoms with Crippen molar-refractivity contribution in [3.8, 4) is 0 Å². The Morgan fingerprint density at radius 2 is 1.51 bits per heavy atom. The van der Waals surface area contributed by atoms with Gasteiger partial charge in [0, 0.05) is 24.5 Å². The summed E-state index contributed by atoms with van der Waals surface area (Å²) < 4.78 is 29.5. The molecule has 9 heteroatoms. The molecule has 0 aliphatic rings. The van der Waals surface area contributed by atoms with Crippen molar-refractivity contribution in [2.24, 2.45) is 0 Å². The number of benzene rings is 4.